The van der Waals surface area contributed by atoms with Gasteiger partial charge >= 0.3 is 0 Å². The minimum Gasteiger partial charge on any atom is -0.130 e. The van der Waals surface area contributed by atoms with Crippen molar-refractivity contribution in [2.75, 3.05) is 6.26 Å². The maximum Gasteiger partial charge on any atom is 0.194 e. The summed E-state index contributed by atoms with van der Waals surface area (Å²) in [4.78, 5) is 4.10. The first-order valence-corrected chi connectivity index (χ1v) is 7.86. The Morgan fingerprint density at radius 2 is 2.06 bits per heavy atom. The second kappa shape index (κ2) is 5.31. The Morgan fingerprint density at radius 1 is 1.35 bits per heavy atom. The van der Waals surface area contributed by atoms with Crippen LogP contribution in [0.25, 0.3) is 15.3 Å². The summed E-state index contributed by atoms with van der Waals surface area (Å²) in [6.07, 6.45) is 1.96. The van der Waals surface area contributed by atoms with Gasteiger partial charge < -0.3 is 0 Å². The monoisotopic (exact) mass is 281 g/mol. The highest BCUT2D eigenvalue weighted by molar-refractivity contribution is 8.39. The van der Waals surface area contributed by atoms with Gasteiger partial charge in [0.25, 0.3) is 0 Å². The fraction of sp³-hybridized carbons (Fsp3) is 0.273. The number of aryl methyl sites for hydroxylation is 1. The average molecular weight is 281 g/mol. The summed E-state index contributed by atoms with van der Waals surface area (Å²) in [5.41, 5.74) is 11.0. The quantitative estimate of drug-likeness (QED) is 0.442. The number of nitrogens with zero attached hydrogens (tertiary/aromatic N) is 3. The van der Waals surface area contributed by atoms with Crippen LogP contribution in [0.5, 0.6) is 0 Å². The molecule has 1 aliphatic rings. The highest BCUT2D eigenvalue weighted by Crippen LogP contribution is 2.59. The number of hydrogen-bond donors (Lipinski definition) is 0. The van der Waals surface area contributed by atoms with Crippen LogP contribution in [0, 0.1) is 6.92 Å². The molecular weight excluding hydrogens is 270 g/mol. The molecule has 88 valence electrons. The zero-order chi connectivity index (χ0) is 12.3. The van der Waals surface area contributed by atoms with Crippen molar-refractivity contribution >= 4 is 40.2 Å². The van der Waals surface area contributed by atoms with Gasteiger partial charge in [0.15, 0.2) is 3.54 Å². The molecule has 1 aliphatic heterocycles. The molecule has 0 spiro atoms. The van der Waals surface area contributed by atoms with Crippen molar-refractivity contribution in [1.29, 1.82) is 0 Å². The molecular formula is C11H11N3S3. The molecule has 0 amide bonds. The highest BCUT2D eigenvalue weighted by atomic mass is 32.3. The molecule has 1 heterocycles. The van der Waals surface area contributed by atoms with E-state index in [1.54, 1.807) is 35.3 Å². The lowest BCUT2D eigenvalue weighted by Gasteiger charge is -2.18. The van der Waals surface area contributed by atoms with E-state index in [9.17, 15) is 0 Å². The largest absolute Gasteiger partial charge is 0.194 e. The number of azide groups is 1. The molecule has 0 aliphatic carbocycles. The van der Waals surface area contributed by atoms with Crippen molar-refractivity contribution in [3.8, 4) is 0 Å². The van der Waals surface area contributed by atoms with Crippen LogP contribution in [0.2, 0.25) is 0 Å². The van der Waals surface area contributed by atoms with Crippen LogP contribution in [0.15, 0.2) is 34.8 Å². The molecule has 3 nitrogen and oxygen atoms in total. The van der Waals surface area contributed by atoms with Gasteiger partial charge in [0, 0.05) is 9.82 Å². The number of benzene rings is 1. The Morgan fingerprint density at radius 3 is 2.65 bits per heavy atom. The SMILES string of the molecule is CSC1(N=[N+]=[N-])SC=C(c2ccc(C)cc2)S1. The van der Waals surface area contributed by atoms with E-state index in [-0.39, 0.29) is 0 Å². The van der Waals surface area contributed by atoms with Gasteiger partial charge in [-0.05, 0) is 29.7 Å². The summed E-state index contributed by atoms with van der Waals surface area (Å²) in [5, 5.41) is 5.95. The molecule has 1 aromatic carbocycles. The Kier molecular flexibility index (Phi) is 3.99. The van der Waals surface area contributed by atoms with Crippen LogP contribution in [0.4, 0.5) is 0 Å². The van der Waals surface area contributed by atoms with E-state index < -0.39 is 3.54 Å². The summed E-state index contributed by atoms with van der Waals surface area (Å²) in [6, 6.07) is 8.38. The zero-order valence-corrected chi connectivity index (χ0v) is 11.9. The molecule has 0 N–H and O–H groups in total. The normalized spacial score (nSPS) is 23.1. The Balaban J connectivity index is 2.21. The predicted octanol–water partition coefficient (Wildman–Crippen LogP) is 5.06. The third-order valence-electron chi connectivity index (χ3n) is 2.32. The van der Waals surface area contributed by atoms with E-state index in [0.717, 1.165) is 4.91 Å². The van der Waals surface area contributed by atoms with E-state index >= 15 is 0 Å². The molecule has 0 radical (unpaired) electrons. The van der Waals surface area contributed by atoms with E-state index in [0.29, 0.717) is 0 Å². The highest BCUT2D eigenvalue weighted by Gasteiger charge is 2.35. The van der Waals surface area contributed by atoms with Crippen LogP contribution >= 0.6 is 35.3 Å². The summed E-state index contributed by atoms with van der Waals surface area (Å²) in [7, 11) is 0. The van der Waals surface area contributed by atoms with Crippen LogP contribution < -0.4 is 0 Å². The summed E-state index contributed by atoms with van der Waals surface area (Å²) >= 11 is 4.73. The van der Waals surface area contributed by atoms with Crippen molar-refractivity contribution in [2.24, 2.45) is 5.11 Å². The lowest BCUT2D eigenvalue weighted by atomic mass is 10.1. The van der Waals surface area contributed by atoms with E-state index in [2.05, 4.69) is 46.6 Å². The van der Waals surface area contributed by atoms with Gasteiger partial charge in [-0.3, -0.25) is 0 Å². The van der Waals surface area contributed by atoms with Gasteiger partial charge in [-0.25, -0.2) is 0 Å². The lowest BCUT2D eigenvalue weighted by Crippen LogP contribution is -2.04. The maximum absolute atomic E-state index is 8.61. The third-order valence-corrected chi connectivity index (χ3v) is 6.79. The molecule has 1 atom stereocenters. The summed E-state index contributed by atoms with van der Waals surface area (Å²) < 4.78 is -0.477. The molecule has 2 rings (SSSR count). The molecule has 1 aromatic rings. The van der Waals surface area contributed by atoms with Crippen molar-refractivity contribution < 1.29 is 0 Å². The van der Waals surface area contributed by atoms with Crippen LogP contribution in [-0.2, 0) is 0 Å². The number of thioether (sulfide) groups is 3. The van der Waals surface area contributed by atoms with Gasteiger partial charge in [0.2, 0.25) is 0 Å². The first-order chi connectivity index (χ1) is 8.19. The van der Waals surface area contributed by atoms with E-state index in [1.807, 2.05) is 6.26 Å². The molecule has 0 saturated carbocycles. The third kappa shape index (κ3) is 2.77. The molecule has 0 bridgehead atoms. The van der Waals surface area contributed by atoms with Crippen LogP contribution in [0.3, 0.4) is 0 Å². The minimum absolute atomic E-state index is 0.477. The maximum atomic E-state index is 8.61. The van der Waals surface area contributed by atoms with Gasteiger partial charge in [-0.1, -0.05) is 58.5 Å². The van der Waals surface area contributed by atoms with Crippen LogP contribution in [-0.4, -0.2) is 9.79 Å². The Hall–Kier alpha value is -0.680. The minimum atomic E-state index is -0.477. The van der Waals surface area contributed by atoms with Gasteiger partial charge in [0.05, 0.1) is 0 Å². The topological polar surface area (TPSA) is 48.8 Å². The molecule has 17 heavy (non-hydrogen) atoms. The molecule has 6 heteroatoms. The first kappa shape index (κ1) is 12.8. The predicted molar refractivity (Wildman–Crippen MR) is 79.7 cm³/mol. The first-order valence-electron chi connectivity index (χ1n) is 4.94. The van der Waals surface area contributed by atoms with Crippen molar-refractivity contribution in [3.63, 3.8) is 0 Å². The fourth-order valence-electron chi connectivity index (χ4n) is 1.39. The van der Waals surface area contributed by atoms with Gasteiger partial charge in [0.1, 0.15) is 0 Å². The van der Waals surface area contributed by atoms with E-state index in [4.69, 9.17) is 5.53 Å². The standard InChI is InChI=1S/C11H11N3S3/c1-8-3-5-9(6-4-8)10-7-16-11(15-2,17-10)13-14-12/h3-7H,1-2H3. The number of hydrogen-bond acceptors (Lipinski definition) is 4. The van der Waals surface area contributed by atoms with Crippen molar-refractivity contribution in [1.82, 2.24) is 0 Å². The second-order valence-corrected chi connectivity index (χ2v) is 7.56. The summed E-state index contributed by atoms with van der Waals surface area (Å²) in [5.74, 6) is 0. The fourth-order valence-corrected chi connectivity index (χ4v) is 4.67. The number of rotatable bonds is 3. The molecule has 0 fully saturated rings. The lowest BCUT2D eigenvalue weighted by molar-refractivity contribution is 1.20. The van der Waals surface area contributed by atoms with Crippen molar-refractivity contribution in [3.05, 3.63) is 51.2 Å². The summed E-state index contributed by atoms with van der Waals surface area (Å²) in [6.45, 7) is 2.07. The molecule has 1 unspecified atom stereocenters. The van der Waals surface area contributed by atoms with Crippen LogP contribution in [0.1, 0.15) is 11.1 Å². The Labute approximate surface area is 113 Å². The molecule has 0 aromatic heterocycles. The Bertz CT molecular complexity index is 491. The van der Waals surface area contributed by atoms with Gasteiger partial charge in [-0.2, -0.15) is 0 Å². The van der Waals surface area contributed by atoms with E-state index in [1.165, 1.54) is 11.1 Å². The second-order valence-electron chi connectivity index (χ2n) is 3.49. The van der Waals surface area contributed by atoms with Gasteiger partial charge in [-0.15, -0.1) is 11.8 Å². The smallest absolute Gasteiger partial charge is 0.130 e. The average Bonchev–Trinajstić information content (AvgIpc) is 2.76. The zero-order valence-electron chi connectivity index (χ0n) is 9.45. The molecule has 0 saturated heterocycles. The van der Waals surface area contributed by atoms with Crippen molar-refractivity contribution in [2.45, 2.75) is 10.5 Å².